The molecule has 2 rings (SSSR count). The highest BCUT2D eigenvalue weighted by atomic mass is 16.4. The van der Waals surface area contributed by atoms with E-state index in [0.717, 1.165) is 16.6 Å². The van der Waals surface area contributed by atoms with E-state index in [1.807, 2.05) is 45.0 Å². The monoisotopic (exact) mass is 302 g/mol. The molecular formula is C16H22N4O2. The van der Waals surface area contributed by atoms with Gasteiger partial charge in [-0.3, -0.25) is 4.98 Å². The second kappa shape index (κ2) is 6.09. The summed E-state index contributed by atoms with van der Waals surface area (Å²) in [6.07, 6.45) is 0.686. The van der Waals surface area contributed by atoms with Gasteiger partial charge in [-0.25, -0.2) is 4.79 Å². The summed E-state index contributed by atoms with van der Waals surface area (Å²) in [7, 11) is 0. The minimum atomic E-state index is -0.929. The first-order valence-electron chi connectivity index (χ1n) is 7.18. The number of nitrogen functional groups attached to an aromatic ring is 1. The maximum atomic E-state index is 11.3. The summed E-state index contributed by atoms with van der Waals surface area (Å²) in [6, 6.07) is 7.70. The van der Waals surface area contributed by atoms with E-state index in [2.05, 4.69) is 10.3 Å². The Bertz CT molecular complexity index is 679. The predicted octanol–water partition coefficient (Wildman–Crippen LogP) is 3.01. The van der Waals surface area contributed by atoms with E-state index < -0.39 is 11.6 Å². The van der Waals surface area contributed by atoms with Gasteiger partial charge in [-0.05, 0) is 26.8 Å². The number of para-hydroxylation sites is 1. The lowest BCUT2D eigenvalue weighted by Crippen LogP contribution is -2.47. The molecule has 0 spiro atoms. The largest absolute Gasteiger partial charge is 0.465 e. The van der Waals surface area contributed by atoms with Gasteiger partial charge in [-0.15, -0.1) is 0 Å². The summed E-state index contributed by atoms with van der Waals surface area (Å²) < 4.78 is 0. The van der Waals surface area contributed by atoms with Gasteiger partial charge in [0.05, 0.1) is 23.1 Å². The molecule has 22 heavy (non-hydrogen) atoms. The first-order valence-corrected chi connectivity index (χ1v) is 7.18. The molecule has 118 valence electrons. The molecule has 6 heteroatoms. The van der Waals surface area contributed by atoms with Crippen molar-refractivity contribution in [2.75, 3.05) is 24.1 Å². The predicted molar refractivity (Wildman–Crippen MR) is 89.1 cm³/mol. The van der Waals surface area contributed by atoms with Gasteiger partial charge in [0.2, 0.25) is 0 Å². The standard InChI is InChI=1S/C16H22N4O2/c1-16(2,3)20(15(21)22)9-8-18-14-11-6-4-5-7-13(11)19-10-12(14)17/h4-7,10H,8-9,17H2,1-3H3,(H,18,19)(H,21,22). The average Bonchev–Trinajstić information content (AvgIpc) is 2.43. The molecule has 1 aromatic carbocycles. The van der Waals surface area contributed by atoms with Crippen molar-refractivity contribution in [2.45, 2.75) is 26.3 Å². The Hall–Kier alpha value is -2.50. The molecule has 0 saturated carbocycles. The zero-order valence-electron chi connectivity index (χ0n) is 13.1. The van der Waals surface area contributed by atoms with E-state index >= 15 is 0 Å². The van der Waals surface area contributed by atoms with Gasteiger partial charge >= 0.3 is 6.09 Å². The number of nitrogens with one attached hydrogen (secondary N) is 1. The Morgan fingerprint density at radius 2 is 2.05 bits per heavy atom. The number of nitrogens with two attached hydrogens (primary N) is 1. The highest BCUT2D eigenvalue weighted by molar-refractivity contribution is 5.96. The lowest BCUT2D eigenvalue weighted by Gasteiger charge is -2.33. The molecule has 0 saturated heterocycles. The number of pyridine rings is 1. The van der Waals surface area contributed by atoms with Crippen molar-refractivity contribution in [3.8, 4) is 0 Å². The summed E-state index contributed by atoms with van der Waals surface area (Å²) in [5.74, 6) is 0. The number of fused-ring (bicyclic) bond motifs is 1. The molecule has 0 bridgehead atoms. The second-order valence-electron chi connectivity index (χ2n) is 6.14. The van der Waals surface area contributed by atoms with Gasteiger partial charge < -0.3 is 21.1 Å². The van der Waals surface area contributed by atoms with Crippen molar-refractivity contribution >= 4 is 28.4 Å². The van der Waals surface area contributed by atoms with Crippen LogP contribution in [0.2, 0.25) is 0 Å². The molecular weight excluding hydrogens is 280 g/mol. The number of amides is 1. The third-order valence-corrected chi connectivity index (χ3v) is 3.48. The number of carboxylic acid groups (broad SMARTS) is 1. The number of carbonyl (C=O) groups is 1. The van der Waals surface area contributed by atoms with Crippen LogP contribution in [0.15, 0.2) is 30.5 Å². The van der Waals surface area contributed by atoms with E-state index in [1.54, 1.807) is 6.20 Å². The van der Waals surface area contributed by atoms with Gasteiger partial charge in [-0.2, -0.15) is 0 Å². The lowest BCUT2D eigenvalue weighted by atomic mass is 10.1. The highest BCUT2D eigenvalue weighted by Gasteiger charge is 2.25. The number of hydrogen-bond donors (Lipinski definition) is 3. The van der Waals surface area contributed by atoms with Gasteiger partial charge in [0.1, 0.15) is 0 Å². The fourth-order valence-electron chi connectivity index (χ4n) is 2.36. The molecule has 0 radical (unpaired) electrons. The summed E-state index contributed by atoms with van der Waals surface area (Å²) >= 11 is 0. The molecule has 0 unspecified atom stereocenters. The molecule has 6 nitrogen and oxygen atoms in total. The van der Waals surface area contributed by atoms with Gasteiger partial charge in [0, 0.05) is 24.0 Å². The molecule has 0 atom stereocenters. The number of rotatable bonds is 4. The Labute approximate surface area is 129 Å². The van der Waals surface area contributed by atoms with Crippen LogP contribution in [0.1, 0.15) is 20.8 Å². The van der Waals surface area contributed by atoms with Crippen LogP contribution in [0.3, 0.4) is 0 Å². The summed E-state index contributed by atoms with van der Waals surface area (Å²) in [5.41, 5.74) is 7.75. The number of hydrogen-bond acceptors (Lipinski definition) is 4. The van der Waals surface area contributed by atoms with E-state index in [4.69, 9.17) is 5.73 Å². The van der Waals surface area contributed by atoms with Crippen molar-refractivity contribution in [3.63, 3.8) is 0 Å². The fraction of sp³-hybridized carbons (Fsp3) is 0.375. The number of nitrogens with zero attached hydrogens (tertiary/aromatic N) is 2. The van der Waals surface area contributed by atoms with Crippen molar-refractivity contribution in [1.29, 1.82) is 0 Å². The SMILES string of the molecule is CC(C)(C)N(CCNc1c(N)cnc2ccccc12)C(=O)O. The van der Waals surface area contributed by atoms with Crippen molar-refractivity contribution in [3.05, 3.63) is 30.5 Å². The Morgan fingerprint density at radius 3 is 2.68 bits per heavy atom. The third kappa shape index (κ3) is 3.39. The number of anilines is 2. The van der Waals surface area contributed by atoms with E-state index in [9.17, 15) is 9.90 Å². The second-order valence-corrected chi connectivity index (χ2v) is 6.14. The smallest absolute Gasteiger partial charge is 0.407 e. The summed E-state index contributed by atoms with van der Waals surface area (Å²) in [5, 5.41) is 13.5. The molecule has 1 aromatic heterocycles. The van der Waals surface area contributed by atoms with Crippen LogP contribution < -0.4 is 11.1 Å². The topological polar surface area (TPSA) is 91.5 Å². The van der Waals surface area contributed by atoms with Crippen LogP contribution in [0.5, 0.6) is 0 Å². The lowest BCUT2D eigenvalue weighted by molar-refractivity contribution is 0.103. The maximum Gasteiger partial charge on any atom is 0.407 e. The van der Waals surface area contributed by atoms with Crippen LogP contribution >= 0.6 is 0 Å². The molecule has 2 aromatic rings. The quantitative estimate of drug-likeness (QED) is 0.807. The van der Waals surface area contributed by atoms with Crippen molar-refractivity contribution in [1.82, 2.24) is 9.88 Å². The van der Waals surface area contributed by atoms with Gasteiger partial charge in [0.25, 0.3) is 0 Å². The third-order valence-electron chi connectivity index (χ3n) is 3.48. The van der Waals surface area contributed by atoms with E-state index in [1.165, 1.54) is 4.90 Å². The zero-order valence-corrected chi connectivity index (χ0v) is 13.1. The minimum Gasteiger partial charge on any atom is -0.465 e. The first-order chi connectivity index (χ1) is 10.3. The Balaban J connectivity index is 2.15. The molecule has 0 aliphatic heterocycles. The van der Waals surface area contributed by atoms with Gasteiger partial charge in [0.15, 0.2) is 0 Å². The Kier molecular flexibility index (Phi) is 4.40. The maximum absolute atomic E-state index is 11.3. The molecule has 0 aliphatic carbocycles. The molecule has 1 amide bonds. The fourth-order valence-corrected chi connectivity index (χ4v) is 2.36. The summed E-state index contributed by atoms with van der Waals surface area (Å²) in [6.45, 7) is 6.46. The molecule has 0 aliphatic rings. The number of benzene rings is 1. The molecule has 0 fully saturated rings. The summed E-state index contributed by atoms with van der Waals surface area (Å²) in [4.78, 5) is 17.0. The van der Waals surface area contributed by atoms with E-state index in [0.29, 0.717) is 18.8 Å². The van der Waals surface area contributed by atoms with Crippen LogP contribution in [-0.2, 0) is 0 Å². The van der Waals surface area contributed by atoms with Gasteiger partial charge in [-0.1, -0.05) is 18.2 Å². The van der Waals surface area contributed by atoms with E-state index in [-0.39, 0.29) is 0 Å². The molecule has 1 heterocycles. The molecule has 4 N–H and O–H groups in total. The van der Waals surface area contributed by atoms with Crippen molar-refractivity contribution in [2.24, 2.45) is 0 Å². The van der Waals surface area contributed by atoms with Crippen LogP contribution in [-0.4, -0.2) is 39.7 Å². The normalized spacial score (nSPS) is 11.4. The first kappa shape index (κ1) is 15.9. The zero-order chi connectivity index (χ0) is 16.3. The Morgan fingerprint density at radius 1 is 1.36 bits per heavy atom. The highest BCUT2D eigenvalue weighted by Crippen LogP contribution is 2.27. The minimum absolute atomic E-state index is 0.370. The van der Waals surface area contributed by atoms with Crippen LogP contribution in [0.4, 0.5) is 16.2 Å². The average molecular weight is 302 g/mol. The van der Waals surface area contributed by atoms with Crippen LogP contribution in [0, 0.1) is 0 Å². The van der Waals surface area contributed by atoms with Crippen molar-refractivity contribution < 1.29 is 9.90 Å². The van der Waals surface area contributed by atoms with Crippen LogP contribution in [0.25, 0.3) is 10.9 Å². The number of aromatic nitrogens is 1.